The van der Waals surface area contributed by atoms with E-state index in [4.69, 9.17) is 17.0 Å². The fraction of sp³-hybridized carbons (Fsp3) is 0.350. The highest BCUT2D eigenvalue weighted by Gasteiger charge is 2.29. The second-order valence-electron chi connectivity index (χ2n) is 6.86. The predicted octanol–water partition coefficient (Wildman–Crippen LogP) is 3.44. The maximum Gasteiger partial charge on any atom is 0.245 e. The molecule has 28 heavy (non-hydrogen) atoms. The molecule has 0 unspecified atom stereocenters. The number of thiocarbonyl (C=S) groups is 1. The first-order valence-corrected chi connectivity index (χ1v) is 11.0. The van der Waals surface area contributed by atoms with Gasteiger partial charge in [-0.3, -0.25) is 0 Å². The van der Waals surface area contributed by atoms with Crippen LogP contribution in [0.5, 0.6) is 0 Å². The largest absolute Gasteiger partial charge is 0.379 e. The number of benzene rings is 2. The lowest BCUT2D eigenvalue weighted by atomic mass is 10.1. The first-order valence-electron chi connectivity index (χ1n) is 9.12. The highest BCUT2D eigenvalue weighted by molar-refractivity contribution is 7.89. The molecule has 8 heteroatoms. The summed E-state index contributed by atoms with van der Waals surface area (Å²) < 4.78 is 33.1. The van der Waals surface area contributed by atoms with Gasteiger partial charge < -0.3 is 15.4 Å². The Labute approximate surface area is 171 Å². The average Bonchev–Trinajstić information content (AvgIpc) is 2.67. The first-order chi connectivity index (χ1) is 13.3. The lowest BCUT2D eigenvalue weighted by molar-refractivity contribution is 0.0730. The lowest BCUT2D eigenvalue weighted by Crippen LogP contribution is -2.41. The summed E-state index contributed by atoms with van der Waals surface area (Å²) in [5.74, 6) is 0. The molecule has 0 spiro atoms. The third-order valence-electron chi connectivity index (χ3n) is 4.69. The molecule has 1 saturated heterocycles. The minimum atomic E-state index is -3.65. The molecule has 2 aromatic rings. The summed E-state index contributed by atoms with van der Waals surface area (Å²) in [6.45, 7) is 7.37. The van der Waals surface area contributed by atoms with Crippen LogP contribution in [-0.4, -0.2) is 44.1 Å². The molecular formula is C20H25N3O3S2. The van der Waals surface area contributed by atoms with Crippen LogP contribution >= 0.6 is 12.2 Å². The van der Waals surface area contributed by atoms with E-state index in [9.17, 15) is 8.42 Å². The van der Waals surface area contributed by atoms with Crippen molar-refractivity contribution < 1.29 is 13.2 Å². The summed E-state index contributed by atoms with van der Waals surface area (Å²) in [7, 11) is -3.65. The number of hydrogen-bond donors (Lipinski definition) is 2. The number of nitrogens with zero attached hydrogens (tertiary/aromatic N) is 1. The van der Waals surface area contributed by atoms with Crippen LogP contribution in [0.3, 0.4) is 0 Å². The van der Waals surface area contributed by atoms with E-state index in [0.29, 0.717) is 37.1 Å². The van der Waals surface area contributed by atoms with Crippen molar-refractivity contribution in [2.24, 2.45) is 0 Å². The zero-order valence-electron chi connectivity index (χ0n) is 16.3. The Kier molecular flexibility index (Phi) is 6.34. The third kappa shape index (κ3) is 4.52. The predicted molar refractivity (Wildman–Crippen MR) is 117 cm³/mol. The van der Waals surface area contributed by atoms with E-state index in [2.05, 4.69) is 10.6 Å². The smallest absolute Gasteiger partial charge is 0.245 e. The van der Waals surface area contributed by atoms with Crippen molar-refractivity contribution in [3.8, 4) is 0 Å². The highest BCUT2D eigenvalue weighted by Crippen LogP contribution is 2.27. The van der Waals surface area contributed by atoms with Gasteiger partial charge in [0.05, 0.1) is 18.9 Å². The maximum absolute atomic E-state index is 13.2. The molecule has 0 aromatic heterocycles. The third-order valence-corrected chi connectivity index (χ3v) is 6.84. The maximum atomic E-state index is 13.2. The van der Waals surface area contributed by atoms with Gasteiger partial charge in [0.15, 0.2) is 5.11 Å². The van der Waals surface area contributed by atoms with E-state index in [1.54, 1.807) is 12.1 Å². The van der Waals surface area contributed by atoms with Gasteiger partial charge in [-0.05, 0) is 61.8 Å². The van der Waals surface area contributed by atoms with Crippen molar-refractivity contribution in [3.63, 3.8) is 0 Å². The number of para-hydroxylation sites is 1. The van der Waals surface area contributed by atoms with Gasteiger partial charge in [-0.25, -0.2) is 8.42 Å². The van der Waals surface area contributed by atoms with Crippen molar-refractivity contribution >= 4 is 38.7 Å². The second kappa shape index (κ2) is 8.57. The number of hydrogen-bond acceptors (Lipinski definition) is 4. The molecule has 1 heterocycles. The molecule has 2 N–H and O–H groups in total. The SMILES string of the molecule is Cc1ccc(NC(=S)Nc2c(C)cccc2C)c(S(=O)(=O)N2CCOCC2)c1. The Bertz CT molecular complexity index is 964. The number of nitrogens with one attached hydrogen (secondary N) is 2. The molecule has 6 nitrogen and oxygen atoms in total. The van der Waals surface area contributed by atoms with Gasteiger partial charge in [-0.2, -0.15) is 4.31 Å². The number of sulfonamides is 1. The van der Waals surface area contributed by atoms with Gasteiger partial charge in [0.2, 0.25) is 10.0 Å². The van der Waals surface area contributed by atoms with Crippen LogP contribution in [-0.2, 0) is 14.8 Å². The monoisotopic (exact) mass is 419 g/mol. The van der Waals surface area contributed by atoms with Crippen molar-refractivity contribution in [3.05, 3.63) is 53.1 Å². The minimum absolute atomic E-state index is 0.222. The second-order valence-corrected chi connectivity index (χ2v) is 9.18. The molecule has 0 amide bonds. The molecule has 0 saturated carbocycles. The Morgan fingerprint density at radius 1 is 1.04 bits per heavy atom. The van der Waals surface area contributed by atoms with E-state index < -0.39 is 10.0 Å². The van der Waals surface area contributed by atoms with E-state index >= 15 is 0 Å². The van der Waals surface area contributed by atoms with Crippen LogP contribution in [0.2, 0.25) is 0 Å². The van der Waals surface area contributed by atoms with E-state index in [1.165, 1.54) is 4.31 Å². The Morgan fingerprint density at radius 2 is 1.68 bits per heavy atom. The molecule has 3 rings (SSSR count). The van der Waals surface area contributed by atoms with Crippen molar-refractivity contribution in [1.29, 1.82) is 0 Å². The summed E-state index contributed by atoms with van der Waals surface area (Å²) in [5.41, 5.74) is 4.37. The minimum Gasteiger partial charge on any atom is -0.379 e. The number of rotatable bonds is 4. The zero-order valence-corrected chi connectivity index (χ0v) is 17.9. The molecule has 150 valence electrons. The fourth-order valence-corrected chi connectivity index (χ4v) is 5.00. The van der Waals surface area contributed by atoms with Gasteiger partial charge in [0, 0.05) is 18.8 Å². The van der Waals surface area contributed by atoms with Crippen LogP contribution in [0, 0.1) is 20.8 Å². The molecule has 1 aliphatic rings. The molecule has 0 atom stereocenters. The molecule has 1 fully saturated rings. The standard InChI is InChI=1S/C20H25N3O3S2/c1-14-7-8-17(18(13-14)28(24,25)23-9-11-26-12-10-23)21-20(27)22-19-15(2)5-4-6-16(19)3/h4-8,13H,9-12H2,1-3H3,(H2,21,22,27). The fourth-order valence-electron chi connectivity index (χ4n) is 3.15. The van der Waals surface area contributed by atoms with Crippen LogP contribution in [0.15, 0.2) is 41.3 Å². The summed E-state index contributed by atoms with van der Waals surface area (Å²) in [4.78, 5) is 0.222. The van der Waals surface area contributed by atoms with E-state index in [0.717, 1.165) is 22.4 Å². The van der Waals surface area contributed by atoms with Gasteiger partial charge in [0.1, 0.15) is 4.90 Å². The van der Waals surface area contributed by atoms with Gasteiger partial charge in [-0.15, -0.1) is 0 Å². The molecule has 0 bridgehead atoms. The summed E-state index contributed by atoms with van der Waals surface area (Å²) in [6.07, 6.45) is 0. The zero-order chi connectivity index (χ0) is 20.3. The Morgan fingerprint density at radius 3 is 2.32 bits per heavy atom. The van der Waals surface area contributed by atoms with Crippen LogP contribution in [0.25, 0.3) is 0 Å². The topological polar surface area (TPSA) is 70.7 Å². The highest BCUT2D eigenvalue weighted by atomic mass is 32.2. The number of aryl methyl sites for hydroxylation is 3. The van der Waals surface area contributed by atoms with E-state index in [-0.39, 0.29) is 4.90 Å². The molecular weight excluding hydrogens is 394 g/mol. The van der Waals surface area contributed by atoms with Crippen molar-refractivity contribution in [2.45, 2.75) is 25.7 Å². The average molecular weight is 420 g/mol. The number of anilines is 2. The van der Waals surface area contributed by atoms with Crippen molar-refractivity contribution in [2.75, 3.05) is 36.9 Å². The normalized spacial score (nSPS) is 15.2. The van der Waals surface area contributed by atoms with Crippen molar-refractivity contribution in [1.82, 2.24) is 4.31 Å². The first kappa shape index (κ1) is 20.7. The Hall–Kier alpha value is -2.00. The summed E-state index contributed by atoms with van der Waals surface area (Å²) >= 11 is 5.46. The van der Waals surface area contributed by atoms with Gasteiger partial charge in [-0.1, -0.05) is 24.3 Å². The van der Waals surface area contributed by atoms with Crippen LogP contribution in [0.4, 0.5) is 11.4 Å². The van der Waals surface area contributed by atoms with Crippen LogP contribution < -0.4 is 10.6 Å². The molecule has 1 aliphatic heterocycles. The quantitative estimate of drug-likeness (QED) is 0.740. The molecule has 0 aliphatic carbocycles. The summed E-state index contributed by atoms with van der Waals surface area (Å²) in [5, 5.41) is 6.61. The summed E-state index contributed by atoms with van der Waals surface area (Å²) in [6, 6.07) is 11.3. The van der Waals surface area contributed by atoms with Gasteiger partial charge in [0.25, 0.3) is 0 Å². The van der Waals surface area contributed by atoms with Crippen LogP contribution in [0.1, 0.15) is 16.7 Å². The molecule has 2 aromatic carbocycles. The number of morpholine rings is 1. The Balaban J connectivity index is 1.87. The lowest BCUT2D eigenvalue weighted by Gasteiger charge is -2.27. The number of ether oxygens (including phenoxy) is 1. The van der Waals surface area contributed by atoms with Gasteiger partial charge >= 0.3 is 0 Å². The van der Waals surface area contributed by atoms with E-state index in [1.807, 2.05) is 45.0 Å². The molecule has 0 radical (unpaired) electrons.